The first-order chi connectivity index (χ1) is 13.3. The van der Waals surface area contributed by atoms with Gasteiger partial charge in [-0.15, -0.1) is 0 Å². The van der Waals surface area contributed by atoms with E-state index in [0.717, 1.165) is 16.6 Å². The van der Waals surface area contributed by atoms with Crippen molar-refractivity contribution >= 4 is 29.3 Å². The molecule has 0 unspecified atom stereocenters. The second kappa shape index (κ2) is 7.39. The lowest BCUT2D eigenvalue weighted by Crippen LogP contribution is -2.35. The number of amides is 2. The van der Waals surface area contributed by atoms with Crippen LogP contribution in [0, 0.1) is 17.0 Å². The number of rotatable bonds is 5. The van der Waals surface area contributed by atoms with Gasteiger partial charge in [0.15, 0.2) is 5.75 Å². The van der Waals surface area contributed by atoms with Crippen molar-refractivity contribution in [1.29, 1.82) is 0 Å². The number of hydrogen-bond donors (Lipinski definition) is 2. The number of carbonyl (C=O) groups excluding carboxylic acids is 2. The second-order valence-electron chi connectivity index (χ2n) is 6.06. The monoisotopic (exact) mass is 383 g/mol. The van der Waals surface area contributed by atoms with E-state index in [1.165, 1.54) is 12.1 Å². The van der Waals surface area contributed by atoms with Crippen LogP contribution in [0.2, 0.25) is 0 Å². The first-order valence-corrected chi connectivity index (χ1v) is 8.39. The molecule has 0 aromatic heterocycles. The zero-order valence-corrected chi connectivity index (χ0v) is 15.1. The molecule has 1 saturated heterocycles. The first kappa shape index (κ1) is 18.9. The molecule has 1 heterocycles. The molecule has 0 saturated carbocycles. The molecule has 0 spiro atoms. The van der Waals surface area contributed by atoms with Crippen LogP contribution < -0.4 is 15.2 Å². The highest BCUT2D eigenvalue weighted by Crippen LogP contribution is 2.38. The van der Waals surface area contributed by atoms with Gasteiger partial charge in [0.05, 0.1) is 17.2 Å². The van der Waals surface area contributed by atoms with Gasteiger partial charge in [-0.3, -0.25) is 25.1 Å². The largest absolute Gasteiger partial charge is 0.500 e. The number of nitro benzene ring substituents is 1. The van der Waals surface area contributed by atoms with E-state index in [1.807, 2.05) is 13.0 Å². The molecule has 9 heteroatoms. The summed E-state index contributed by atoms with van der Waals surface area (Å²) >= 11 is 0. The quantitative estimate of drug-likeness (QED) is 0.354. The van der Waals surface area contributed by atoms with Crippen LogP contribution in [0.1, 0.15) is 18.1 Å². The molecule has 2 amide bonds. The zero-order valence-electron chi connectivity index (χ0n) is 15.1. The van der Waals surface area contributed by atoms with E-state index in [0.29, 0.717) is 5.69 Å². The van der Waals surface area contributed by atoms with Gasteiger partial charge in [0.25, 0.3) is 11.8 Å². The molecule has 9 nitrogen and oxygen atoms in total. The topological polar surface area (TPSA) is 122 Å². The Hall–Kier alpha value is -3.88. The fraction of sp³-hybridized carbons (Fsp3) is 0.158. The number of aromatic hydroxyl groups is 1. The van der Waals surface area contributed by atoms with E-state index >= 15 is 0 Å². The summed E-state index contributed by atoms with van der Waals surface area (Å²) in [5.74, 6) is -1.95. The molecule has 1 fully saturated rings. The SMILES string of the molecule is CCOc1cc(/C=C2/C(=O)NN(c3cccc(C)c3)C2=O)cc([N+](=O)[O-])c1O. The Morgan fingerprint density at radius 1 is 1.29 bits per heavy atom. The molecule has 1 aliphatic rings. The molecule has 1 aliphatic heterocycles. The van der Waals surface area contributed by atoms with Crippen LogP contribution in [-0.2, 0) is 9.59 Å². The normalized spacial score (nSPS) is 15.1. The van der Waals surface area contributed by atoms with Gasteiger partial charge in [0, 0.05) is 6.07 Å². The minimum absolute atomic E-state index is 0.107. The van der Waals surface area contributed by atoms with Crippen molar-refractivity contribution in [3.8, 4) is 11.5 Å². The Bertz CT molecular complexity index is 1010. The summed E-state index contributed by atoms with van der Waals surface area (Å²) in [7, 11) is 0. The highest BCUT2D eigenvalue weighted by molar-refractivity contribution is 6.31. The summed E-state index contributed by atoms with van der Waals surface area (Å²) in [6, 6.07) is 9.42. The molecule has 2 aromatic carbocycles. The van der Waals surface area contributed by atoms with E-state index in [4.69, 9.17) is 4.74 Å². The summed E-state index contributed by atoms with van der Waals surface area (Å²) in [4.78, 5) is 35.4. The predicted molar refractivity (Wildman–Crippen MR) is 101 cm³/mol. The van der Waals surface area contributed by atoms with E-state index < -0.39 is 28.2 Å². The molecule has 3 rings (SSSR count). The number of hydrazine groups is 1. The van der Waals surface area contributed by atoms with Gasteiger partial charge in [-0.25, -0.2) is 5.01 Å². The van der Waals surface area contributed by atoms with Gasteiger partial charge >= 0.3 is 5.69 Å². The summed E-state index contributed by atoms with van der Waals surface area (Å²) < 4.78 is 5.21. The van der Waals surface area contributed by atoms with E-state index in [2.05, 4.69) is 5.43 Å². The molecular formula is C19H17N3O6. The summed E-state index contributed by atoms with van der Waals surface area (Å²) in [6.07, 6.45) is 1.22. The van der Waals surface area contributed by atoms with Crippen LogP contribution in [0.3, 0.4) is 0 Å². The number of benzene rings is 2. The molecule has 0 atom stereocenters. The molecular weight excluding hydrogens is 366 g/mol. The number of phenols is 1. The van der Waals surface area contributed by atoms with Crippen LogP contribution in [0.25, 0.3) is 6.08 Å². The Morgan fingerprint density at radius 3 is 2.68 bits per heavy atom. The van der Waals surface area contributed by atoms with Crippen LogP contribution in [-0.4, -0.2) is 28.5 Å². The fourth-order valence-electron chi connectivity index (χ4n) is 2.77. The molecule has 0 bridgehead atoms. The Balaban J connectivity index is 2.02. The van der Waals surface area contributed by atoms with Gasteiger partial charge in [0.1, 0.15) is 5.57 Å². The van der Waals surface area contributed by atoms with Crippen molar-refractivity contribution in [2.75, 3.05) is 11.6 Å². The lowest BCUT2D eigenvalue weighted by molar-refractivity contribution is -0.386. The molecule has 0 radical (unpaired) electrons. The van der Waals surface area contributed by atoms with Crippen molar-refractivity contribution in [2.45, 2.75) is 13.8 Å². The smallest absolute Gasteiger partial charge is 0.315 e. The zero-order chi connectivity index (χ0) is 20.4. The maximum atomic E-state index is 12.7. The molecule has 0 aliphatic carbocycles. The first-order valence-electron chi connectivity index (χ1n) is 8.39. The van der Waals surface area contributed by atoms with Crippen molar-refractivity contribution in [1.82, 2.24) is 5.43 Å². The number of carbonyl (C=O) groups is 2. The highest BCUT2D eigenvalue weighted by atomic mass is 16.6. The third-order valence-electron chi connectivity index (χ3n) is 4.04. The van der Waals surface area contributed by atoms with Crippen LogP contribution >= 0.6 is 0 Å². The number of hydrogen-bond acceptors (Lipinski definition) is 6. The number of nitrogens with one attached hydrogen (secondary N) is 1. The molecule has 2 N–H and O–H groups in total. The van der Waals surface area contributed by atoms with Gasteiger partial charge < -0.3 is 9.84 Å². The van der Waals surface area contributed by atoms with Gasteiger partial charge in [-0.2, -0.15) is 0 Å². The van der Waals surface area contributed by atoms with E-state index in [-0.39, 0.29) is 23.5 Å². The van der Waals surface area contributed by atoms with Crippen molar-refractivity contribution < 1.29 is 24.4 Å². The van der Waals surface area contributed by atoms with Crippen LogP contribution in [0.4, 0.5) is 11.4 Å². The predicted octanol–water partition coefficient (Wildman–Crippen LogP) is 2.47. The minimum atomic E-state index is -0.768. The Morgan fingerprint density at radius 2 is 2.04 bits per heavy atom. The van der Waals surface area contributed by atoms with Crippen molar-refractivity contribution in [3.05, 3.63) is 63.2 Å². The van der Waals surface area contributed by atoms with Crippen LogP contribution in [0.5, 0.6) is 11.5 Å². The molecule has 144 valence electrons. The number of nitro groups is 1. The lowest BCUT2D eigenvalue weighted by Gasteiger charge is -2.14. The Kier molecular flexibility index (Phi) is 4.99. The highest BCUT2D eigenvalue weighted by Gasteiger charge is 2.34. The maximum Gasteiger partial charge on any atom is 0.315 e. The average molecular weight is 383 g/mol. The summed E-state index contributed by atoms with van der Waals surface area (Å²) in [6.45, 7) is 3.68. The third-order valence-corrected chi connectivity index (χ3v) is 4.04. The number of anilines is 1. The second-order valence-corrected chi connectivity index (χ2v) is 6.06. The summed E-state index contributed by atoms with van der Waals surface area (Å²) in [5.41, 5.74) is 3.28. The number of aryl methyl sites for hydroxylation is 1. The average Bonchev–Trinajstić information content (AvgIpc) is 2.92. The molecule has 2 aromatic rings. The van der Waals surface area contributed by atoms with E-state index in [9.17, 15) is 24.8 Å². The van der Waals surface area contributed by atoms with Crippen molar-refractivity contribution in [2.24, 2.45) is 0 Å². The fourth-order valence-corrected chi connectivity index (χ4v) is 2.77. The van der Waals surface area contributed by atoms with Gasteiger partial charge in [-0.1, -0.05) is 12.1 Å². The standard InChI is InChI=1S/C19H17N3O6/c1-3-28-16-10-12(9-15(17(16)23)22(26)27)8-14-18(24)20-21(19(14)25)13-6-4-5-11(2)7-13/h4-10,23H,3H2,1-2H3,(H,20,24)/b14-8-. The number of nitrogens with zero attached hydrogens (tertiary/aromatic N) is 2. The third kappa shape index (κ3) is 3.50. The van der Waals surface area contributed by atoms with E-state index in [1.54, 1.807) is 25.1 Å². The summed E-state index contributed by atoms with van der Waals surface area (Å²) in [5, 5.41) is 22.2. The number of phenolic OH excluding ortho intramolecular Hbond substituents is 1. The minimum Gasteiger partial charge on any atom is -0.500 e. The van der Waals surface area contributed by atoms with Crippen LogP contribution in [0.15, 0.2) is 42.0 Å². The van der Waals surface area contributed by atoms with Crippen molar-refractivity contribution in [3.63, 3.8) is 0 Å². The maximum absolute atomic E-state index is 12.7. The van der Waals surface area contributed by atoms with Gasteiger partial charge in [-0.05, 0) is 49.2 Å². The Labute approximate surface area is 160 Å². The van der Waals surface area contributed by atoms with Gasteiger partial charge in [0.2, 0.25) is 5.75 Å². The molecule has 28 heavy (non-hydrogen) atoms. The lowest BCUT2D eigenvalue weighted by atomic mass is 10.1. The number of ether oxygens (including phenoxy) is 1.